The summed E-state index contributed by atoms with van der Waals surface area (Å²) in [5.74, 6) is -0.143. The Bertz CT molecular complexity index is 595. The number of aromatic nitrogens is 3. The lowest BCUT2D eigenvalue weighted by Gasteiger charge is -2.11. The third-order valence-electron chi connectivity index (χ3n) is 2.71. The number of nitrogens with one attached hydrogen (secondary N) is 1. The van der Waals surface area contributed by atoms with Crippen molar-refractivity contribution < 1.29 is 9.90 Å². The predicted octanol–water partition coefficient (Wildman–Crippen LogP) is 2.93. The van der Waals surface area contributed by atoms with Gasteiger partial charge in [0.05, 0.1) is 29.1 Å². The van der Waals surface area contributed by atoms with E-state index in [2.05, 4.69) is 34.1 Å². The van der Waals surface area contributed by atoms with Crippen molar-refractivity contribution in [2.24, 2.45) is 0 Å². The highest BCUT2D eigenvalue weighted by atomic mass is 32.1. The van der Waals surface area contributed by atoms with Gasteiger partial charge in [-0.25, -0.2) is 19.7 Å². The van der Waals surface area contributed by atoms with Crippen LogP contribution in [0.1, 0.15) is 53.9 Å². The van der Waals surface area contributed by atoms with E-state index >= 15 is 0 Å². The predicted molar refractivity (Wildman–Crippen MR) is 77.2 cm³/mol. The van der Waals surface area contributed by atoms with Gasteiger partial charge in [-0.3, -0.25) is 0 Å². The minimum Gasteiger partial charge on any atom is -0.476 e. The summed E-state index contributed by atoms with van der Waals surface area (Å²) in [7, 11) is 0. The van der Waals surface area contributed by atoms with E-state index in [1.54, 1.807) is 11.3 Å². The molecular formula is C13H16N4O2S. The van der Waals surface area contributed by atoms with Gasteiger partial charge >= 0.3 is 5.97 Å². The minimum atomic E-state index is -1.09. The smallest absolute Gasteiger partial charge is 0.356 e. The van der Waals surface area contributed by atoms with Gasteiger partial charge in [0.25, 0.3) is 0 Å². The number of anilines is 1. The molecule has 7 heteroatoms. The summed E-state index contributed by atoms with van der Waals surface area (Å²) in [4.78, 5) is 23.1. The van der Waals surface area contributed by atoms with Crippen LogP contribution in [-0.4, -0.2) is 26.0 Å². The summed E-state index contributed by atoms with van der Waals surface area (Å²) in [6.07, 6.45) is 2.65. The van der Waals surface area contributed by atoms with Crippen LogP contribution in [0.15, 0.2) is 17.8 Å². The Balaban J connectivity index is 2.06. The molecule has 0 radical (unpaired) electrons. The highest BCUT2D eigenvalue weighted by Crippen LogP contribution is 2.24. The number of carboxylic acids is 1. The molecule has 0 aliphatic rings. The zero-order valence-corrected chi connectivity index (χ0v) is 12.3. The SMILES string of the molecule is CC(C)c1nc(C(C)Nc2cnc(C(=O)O)cn2)cs1. The Morgan fingerprint density at radius 3 is 2.55 bits per heavy atom. The lowest BCUT2D eigenvalue weighted by Crippen LogP contribution is -2.10. The van der Waals surface area contributed by atoms with E-state index in [1.807, 2.05) is 12.3 Å². The van der Waals surface area contributed by atoms with E-state index in [1.165, 1.54) is 12.4 Å². The molecule has 2 rings (SSSR count). The molecule has 0 aliphatic carbocycles. The molecule has 1 unspecified atom stereocenters. The lowest BCUT2D eigenvalue weighted by molar-refractivity contribution is 0.0690. The van der Waals surface area contributed by atoms with E-state index < -0.39 is 5.97 Å². The lowest BCUT2D eigenvalue weighted by atomic mass is 10.2. The molecule has 2 aromatic heterocycles. The number of nitrogens with zero attached hydrogens (tertiary/aromatic N) is 3. The quantitative estimate of drug-likeness (QED) is 0.881. The summed E-state index contributed by atoms with van der Waals surface area (Å²) >= 11 is 1.64. The summed E-state index contributed by atoms with van der Waals surface area (Å²) in [6, 6.07) is -0.0104. The number of carboxylic acid groups (broad SMARTS) is 1. The zero-order valence-electron chi connectivity index (χ0n) is 11.5. The molecule has 2 heterocycles. The maximum absolute atomic E-state index is 10.7. The summed E-state index contributed by atoms with van der Waals surface area (Å²) in [5.41, 5.74) is 0.877. The molecule has 0 fully saturated rings. The number of thiazole rings is 1. The average molecular weight is 292 g/mol. The van der Waals surface area contributed by atoms with Crippen LogP contribution in [0.4, 0.5) is 5.82 Å². The Labute approximate surface area is 120 Å². The van der Waals surface area contributed by atoms with Crippen LogP contribution in [-0.2, 0) is 0 Å². The van der Waals surface area contributed by atoms with Gasteiger partial charge < -0.3 is 10.4 Å². The van der Waals surface area contributed by atoms with Crippen molar-refractivity contribution in [2.45, 2.75) is 32.7 Å². The number of hydrogen-bond acceptors (Lipinski definition) is 6. The fourth-order valence-electron chi connectivity index (χ4n) is 1.57. The maximum atomic E-state index is 10.7. The molecule has 0 amide bonds. The molecule has 106 valence electrons. The van der Waals surface area contributed by atoms with Crippen molar-refractivity contribution in [3.8, 4) is 0 Å². The topological polar surface area (TPSA) is 88.0 Å². The third-order valence-corrected chi connectivity index (χ3v) is 3.88. The molecule has 6 nitrogen and oxygen atoms in total. The molecule has 0 saturated heterocycles. The van der Waals surface area contributed by atoms with Crippen LogP contribution >= 0.6 is 11.3 Å². The van der Waals surface area contributed by atoms with Gasteiger partial charge in [0.1, 0.15) is 5.82 Å². The highest BCUT2D eigenvalue weighted by molar-refractivity contribution is 7.09. The van der Waals surface area contributed by atoms with Gasteiger partial charge in [-0.2, -0.15) is 0 Å². The van der Waals surface area contributed by atoms with E-state index in [0.717, 1.165) is 10.7 Å². The van der Waals surface area contributed by atoms with Gasteiger partial charge in [-0.05, 0) is 6.92 Å². The third kappa shape index (κ3) is 3.30. The van der Waals surface area contributed by atoms with Gasteiger partial charge in [0.2, 0.25) is 0 Å². The summed E-state index contributed by atoms with van der Waals surface area (Å²) in [5, 5.41) is 15.0. The molecule has 0 saturated carbocycles. The summed E-state index contributed by atoms with van der Waals surface area (Å²) in [6.45, 7) is 6.19. The molecule has 2 aromatic rings. The van der Waals surface area contributed by atoms with Crippen LogP contribution in [0.2, 0.25) is 0 Å². The van der Waals surface area contributed by atoms with Crippen molar-refractivity contribution in [3.05, 3.63) is 34.2 Å². The molecule has 0 aliphatic heterocycles. The van der Waals surface area contributed by atoms with Crippen LogP contribution in [0.5, 0.6) is 0 Å². The van der Waals surface area contributed by atoms with Crippen molar-refractivity contribution >= 4 is 23.1 Å². The molecule has 2 N–H and O–H groups in total. The Morgan fingerprint density at radius 1 is 1.30 bits per heavy atom. The normalized spacial score (nSPS) is 12.4. The second-order valence-electron chi connectivity index (χ2n) is 4.72. The highest BCUT2D eigenvalue weighted by Gasteiger charge is 2.13. The second kappa shape index (κ2) is 5.96. The molecule has 0 aromatic carbocycles. The van der Waals surface area contributed by atoms with Crippen LogP contribution < -0.4 is 5.32 Å². The largest absolute Gasteiger partial charge is 0.476 e. The number of hydrogen-bond donors (Lipinski definition) is 2. The molecule has 1 atom stereocenters. The van der Waals surface area contributed by atoms with Gasteiger partial charge in [-0.1, -0.05) is 13.8 Å². The first-order valence-electron chi connectivity index (χ1n) is 6.24. The Kier molecular flexibility index (Phi) is 4.29. The van der Waals surface area contributed by atoms with E-state index in [4.69, 9.17) is 5.11 Å². The molecule has 20 heavy (non-hydrogen) atoms. The summed E-state index contributed by atoms with van der Waals surface area (Å²) < 4.78 is 0. The van der Waals surface area contributed by atoms with E-state index in [9.17, 15) is 4.79 Å². The molecule has 0 spiro atoms. The first kappa shape index (κ1) is 14.4. The average Bonchev–Trinajstić information content (AvgIpc) is 2.89. The second-order valence-corrected chi connectivity index (χ2v) is 5.61. The van der Waals surface area contributed by atoms with Gasteiger partial charge in [-0.15, -0.1) is 11.3 Å². The van der Waals surface area contributed by atoms with Crippen molar-refractivity contribution in [1.82, 2.24) is 15.0 Å². The van der Waals surface area contributed by atoms with Gasteiger partial charge in [0.15, 0.2) is 5.69 Å². The molecule has 0 bridgehead atoms. The minimum absolute atomic E-state index is 0.0104. The Morgan fingerprint density at radius 2 is 2.05 bits per heavy atom. The number of carbonyl (C=O) groups is 1. The number of rotatable bonds is 5. The van der Waals surface area contributed by atoms with Crippen molar-refractivity contribution in [3.63, 3.8) is 0 Å². The fraction of sp³-hybridized carbons (Fsp3) is 0.385. The van der Waals surface area contributed by atoms with E-state index in [0.29, 0.717) is 11.7 Å². The monoisotopic (exact) mass is 292 g/mol. The van der Waals surface area contributed by atoms with E-state index in [-0.39, 0.29) is 11.7 Å². The van der Waals surface area contributed by atoms with Crippen LogP contribution in [0.3, 0.4) is 0 Å². The first-order valence-corrected chi connectivity index (χ1v) is 7.12. The molecular weight excluding hydrogens is 276 g/mol. The van der Waals surface area contributed by atoms with Crippen molar-refractivity contribution in [1.29, 1.82) is 0 Å². The first-order chi connectivity index (χ1) is 9.47. The van der Waals surface area contributed by atoms with Crippen LogP contribution in [0, 0.1) is 0 Å². The maximum Gasteiger partial charge on any atom is 0.356 e. The fourth-order valence-corrected chi connectivity index (χ4v) is 2.50. The Hall–Kier alpha value is -2.02. The van der Waals surface area contributed by atoms with Crippen LogP contribution in [0.25, 0.3) is 0 Å². The number of aromatic carboxylic acids is 1. The van der Waals surface area contributed by atoms with Crippen molar-refractivity contribution in [2.75, 3.05) is 5.32 Å². The zero-order chi connectivity index (χ0) is 14.7. The standard InChI is InChI=1S/C13H16N4O2S/c1-7(2)12-17-10(6-20-12)8(3)16-11-5-14-9(4-15-11)13(18)19/h4-8H,1-3H3,(H,15,16)(H,18,19). The van der Waals surface area contributed by atoms with Gasteiger partial charge in [0, 0.05) is 11.3 Å².